The minimum Gasteiger partial charge on any atom is -0.378 e. The van der Waals surface area contributed by atoms with Gasteiger partial charge in [0.15, 0.2) is 0 Å². The van der Waals surface area contributed by atoms with Crippen molar-refractivity contribution in [3.63, 3.8) is 0 Å². The Hall–Kier alpha value is -0.330. The molecule has 1 aliphatic heterocycles. The SMILES string of the molecule is CC1OCCC1CNC(=O)c1ccc(I)c(Cl)c1. The number of rotatable bonds is 3. The molecular weight excluding hydrogens is 365 g/mol. The highest BCUT2D eigenvalue weighted by atomic mass is 127. The number of amides is 1. The van der Waals surface area contributed by atoms with E-state index in [1.165, 1.54) is 0 Å². The van der Waals surface area contributed by atoms with Crippen LogP contribution >= 0.6 is 34.2 Å². The van der Waals surface area contributed by atoms with Crippen molar-refractivity contribution in [2.24, 2.45) is 5.92 Å². The highest BCUT2D eigenvalue weighted by molar-refractivity contribution is 14.1. The molecule has 1 aliphatic rings. The van der Waals surface area contributed by atoms with Crippen LogP contribution < -0.4 is 5.32 Å². The maximum absolute atomic E-state index is 12.0. The molecule has 0 bridgehead atoms. The first kappa shape index (κ1) is 14.1. The van der Waals surface area contributed by atoms with E-state index in [-0.39, 0.29) is 12.0 Å². The molecule has 1 aromatic carbocycles. The second-order valence-corrected chi connectivity index (χ2v) is 6.03. The van der Waals surface area contributed by atoms with E-state index in [2.05, 4.69) is 27.9 Å². The summed E-state index contributed by atoms with van der Waals surface area (Å²) in [5, 5.41) is 3.55. The van der Waals surface area contributed by atoms with E-state index in [0.717, 1.165) is 16.6 Å². The lowest BCUT2D eigenvalue weighted by Crippen LogP contribution is -2.31. The number of hydrogen-bond donors (Lipinski definition) is 1. The van der Waals surface area contributed by atoms with Crippen LogP contribution in [-0.2, 0) is 4.74 Å². The molecule has 1 amide bonds. The van der Waals surface area contributed by atoms with Crippen molar-refractivity contribution >= 4 is 40.1 Å². The van der Waals surface area contributed by atoms with Gasteiger partial charge < -0.3 is 10.1 Å². The molecule has 0 saturated carbocycles. The summed E-state index contributed by atoms with van der Waals surface area (Å²) in [5.41, 5.74) is 0.604. The summed E-state index contributed by atoms with van der Waals surface area (Å²) in [6.07, 6.45) is 1.24. The molecule has 1 aromatic rings. The molecule has 98 valence electrons. The predicted molar refractivity (Wildman–Crippen MR) is 80.0 cm³/mol. The third-order valence-electron chi connectivity index (χ3n) is 3.24. The van der Waals surface area contributed by atoms with Crippen LogP contribution in [0.15, 0.2) is 18.2 Å². The van der Waals surface area contributed by atoms with E-state index in [1.807, 2.05) is 13.0 Å². The number of carbonyl (C=O) groups excluding carboxylic acids is 1. The van der Waals surface area contributed by atoms with Crippen LogP contribution in [0.1, 0.15) is 23.7 Å². The van der Waals surface area contributed by atoms with E-state index in [0.29, 0.717) is 23.0 Å². The molecule has 1 N–H and O–H groups in total. The summed E-state index contributed by atoms with van der Waals surface area (Å²) >= 11 is 8.14. The first-order chi connectivity index (χ1) is 8.58. The normalized spacial score (nSPS) is 23.1. The minimum absolute atomic E-state index is 0.0765. The highest BCUT2D eigenvalue weighted by Crippen LogP contribution is 2.21. The number of halogens is 2. The fourth-order valence-corrected chi connectivity index (χ4v) is 2.52. The molecule has 2 atom stereocenters. The maximum Gasteiger partial charge on any atom is 0.251 e. The van der Waals surface area contributed by atoms with Crippen molar-refractivity contribution in [1.29, 1.82) is 0 Å². The van der Waals surface area contributed by atoms with Crippen molar-refractivity contribution in [3.05, 3.63) is 32.4 Å². The predicted octanol–water partition coefficient (Wildman–Crippen LogP) is 3.10. The summed E-state index contributed by atoms with van der Waals surface area (Å²) in [7, 11) is 0. The van der Waals surface area contributed by atoms with E-state index in [4.69, 9.17) is 16.3 Å². The van der Waals surface area contributed by atoms with E-state index in [9.17, 15) is 4.79 Å². The summed E-state index contributed by atoms with van der Waals surface area (Å²) in [6, 6.07) is 5.34. The topological polar surface area (TPSA) is 38.3 Å². The number of carbonyl (C=O) groups is 1. The van der Waals surface area contributed by atoms with Crippen molar-refractivity contribution in [1.82, 2.24) is 5.32 Å². The summed E-state index contributed by atoms with van der Waals surface area (Å²) in [5.74, 6) is 0.334. The zero-order valence-corrected chi connectivity index (χ0v) is 13.0. The van der Waals surface area contributed by atoms with Crippen LogP contribution in [0.25, 0.3) is 0 Å². The second-order valence-electron chi connectivity index (χ2n) is 4.46. The standard InChI is InChI=1S/C13H15ClINO2/c1-8-10(4-5-18-8)7-16-13(17)9-2-3-12(15)11(14)6-9/h2-3,6,8,10H,4-5,7H2,1H3,(H,16,17). The number of benzene rings is 1. The Balaban J connectivity index is 1.93. The molecule has 0 spiro atoms. The fourth-order valence-electron chi connectivity index (χ4n) is 2.01. The van der Waals surface area contributed by atoms with Crippen LogP contribution in [0, 0.1) is 9.49 Å². The largest absolute Gasteiger partial charge is 0.378 e. The zero-order valence-electron chi connectivity index (χ0n) is 10.1. The van der Waals surface area contributed by atoms with Crippen LogP contribution in [0.3, 0.4) is 0 Å². The molecule has 2 unspecified atom stereocenters. The van der Waals surface area contributed by atoms with Crippen molar-refractivity contribution < 1.29 is 9.53 Å². The summed E-state index contributed by atoms with van der Waals surface area (Å²) < 4.78 is 6.41. The van der Waals surface area contributed by atoms with E-state index >= 15 is 0 Å². The molecule has 0 aliphatic carbocycles. The Morgan fingerprint density at radius 3 is 3.00 bits per heavy atom. The van der Waals surface area contributed by atoms with Gasteiger partial charge in [0, 0.05) is 28.2 Å². The summed E-state index contributed by atoms with van der Waals surface area (Å²) in [4.78, 5) is 12.0. The molecular formula is C13H15ClINO2. The van der Waals surface area contributed by atoms with Crippen LogP contribution in [0.5, 0.6) is 0 Å². The van der Waals surface area contributed by atoms with Gasteiger partial charge in [-0.3, -0.25) is 4.79 Å². The zero-order chi connectivity index (χ0) is 13.1. The monoisotopic (exact) mass is 379 g/mol. The quantitative estimate of drug-likeness (QED) is 0.820. The molecule has 2 rings (SSSR count). The highest BCUT2D eigenvalue weighted by Gasteiger charge is 2.24. The van der Waals surface area contributed by atoms with Crippen molar-refractivity contribution in [2.75, 3.05) is 13.2 Å². The van der Waals surface area contributed by atoms with Gasteiger partial charge in [-0.05, 0) is 54.1 Å². The van der Waals surface area contributed by atoms with Crippen molar-refractivity contribution in [2.45, 2.75) is 19.4 Å². The molecule has 1 heterocycles. The van der Waals surface area contributed by atoms with Crippen molar-refractivity contribution in [3.8, 4) is 0 Å². The molecule has 1 saturated heterocycles. The van der Waals surface area contributed by atoms with Crippen LogP contribution in [0.4, 0.5) is 0 Å². The van der Waals surface area contributed by atoms with Gasteiger partial charge in [-0.1, -0.05) is 11.6 Å². The fraction of sp³-hybridized carbons (Fsp3) is 0.462. The molecule has 0 radical (unpaired) electrons. The van der Waals surface area contributed by atoms with Gasteiger partial charge in [-0.2, -0.15) is 0 Å². The van der Waals surface area contributed by atoms with Gasteiger partial charge in [0.1, 0.15) is 0 Å². The molecule has 1 fully saturated rings. The Kier molecular flexibility index (Phi) is 4.86. The number of hydrogen-bond acceptors (Lipinski definition) is 2. The Morgan fingerprint density at radius 1 is 1.61 bits per heavy atom. The molecule has 0 aromatic heterocycles. The van der Waals surface area contributed by atoms with Gasteiger partial charge in [-0.15, -0.1) is 0 Å². The molecule has 18 heavy (non-hydrogen) atoms. The Labute approximate surface area is 125 Å². The lowest BCUT2D eigenvalue weighted by molar-refractivity contribution is 0.0907. The third kappa shape index (κ3) is 3.36. The molecule has 3 nitrogen and oxygen atoms in total. The van der Waals surface area contributed by atoms with Crippen LogP contribution in [0.2, 0.25) is 5.02 Å². The number of ether oxygens (including phenoxy) is 1. The average Bonchev–Trinajstić information content (AvgIpc) is 2.75. The van der Waals surface area contributed by atoms with Gasteiger partial charge in [0.05, 0.1) is 11.1 Å². The van der Waals surface area contributed by atoms with Gasteiger partial charge in [-0.25, -0.2) is 0 Å². The van der Waals surface area contributed by atoms with Gasteiger partial charge in [0.25, 0.3) is 5.91 Å². The van der Waals surface area contributed by atoms with Gasteiger partial charge >= 0.3 is 0 Å². The minimum atomic E-state index is -0.0765. The number of nitrogens with one attached hydrogen (secondary N) is 1. The third-order valence-corrected chi connectivity index (χ3v) is 4.81. The first-order valence-corrected chi connectivity index (χ1v) is 7.38. The molecule has 5 heteroatoms. The lowest BCUT2D eigenvalue weighted by Gasteiger charge is -2.14. The lowest BCUT2D eigenvalue weighted by atomic mass is 10.0. The Bertz CT molecular complexity index is 453. The van der Waals surface area contributed by atoms with E-state index < -0.39 is 0 Å². The summed E-state index contributed by atoms with van der Waals surface area (Å²) in [6.45, 7) is 3.49. The Morgan fingerprint density at radius 2 is 2.39 bits per heavy atom. The maximum atomic E-state index is 12.0. The first-order valence-electron chi connectivity index (χ1n) is 5.93. The van der Waals surface area contributed by atoms with E-state index in [1.54, 1.807) is 12.1 Å². The average molecular weight is 380 g/mol. The van der Waals surface area contributed by atoms with Crippen LogP contribution in [-0.4, -0.2) is 25.2 Å². The smallest absolute Gasteiger partial charge is 0.251 e. The second kappa shape index (κ2) is 6.21. The van der Waals surface area contributed by atoms with Gasteiger partial charge in [0.2, 0.25) is 0 Å².